The third-order valence-electron chi connectivity index (χ3n) is 3.70. The number of nitrogens with zero attached hydrogens (tertiary/aromatic N) is 2. The first-order valence-electron chi connectivity index (χ1n) is 8.76. The van der Waals surface area contributed by atoms with Crippen molar-refractivity contribution in [2.45, 2.75) is 20.3 Å². The zero-order chi connectivity index (χ0) is 19.1. The van der Waals surface area contributed by atoms with Gasteiger partial charge in [-0.2, -0.15) is 4.98 Å². The van der Waals surface area contributed by atoms with Gasteiger partial charge in [-0.05, 0) is 55.5 Å². The minimum absolute atomic E-state index is 0.0902. The summed E-state index contributed by atoms with van der Waals surface area (Å²) in [6.07, 6.45) is 0.716. The maximum Gasteiger partial charge on any atom is 0.262 e. The summed E-state index contributed by atoms with van der Waals surface area (Å²) in [7, 11) is 0. The fourth-order valence-corrected chi connectivity index (χ4v) is 2.36. The van der Waals surface area contributed by atoms with Gasteiger partial charge in [0.15, 0.2) is 12.4 Å². The molecule has 1 N–H and O–H groups in total. The molecule has 0 aliphatic rings. The number of carbonyl (C=O) groups is 1. The molecule has 2 aromatic carbocycles. The molecule has 140 valence electrons. The van der Waals surface area contributed by atoms with Crippen LogP contribution in [0, 0.1) is 0 Å². The van der Waals surface area contributed by atoms with Crippen LogP contribution >= 0.6 is 0 Å². The van der Waals surface area contributed by atoms with Crippen LogP contribution in [0.5, 0.6) is 11.5 Å². The average molecular weight is 367 g/mol. The summed E-state index contributed by atoms with van der Waals surface area (Å²) in [5.41, 5.74) is 1.49. The van der Waals surface area contributed by atoms with Crippen molar-refractivity contribution in [2.24, 2.45) is 0 Å². The molecule has 0 spiro atoms. The SMILES string of the molecule is CCOc1ccc(NC(=O)COc2ccc(-c3nc(CC)no3)cc2)cc1. The molecular formula is C20H21N3O4. The van der Waals surface area contributed by atoms with Crippen molar-refractivity contribution in [3.63, 3.8) is 0 Å². The van der Waals surface area contributed by atoms with Crippen molar-refractivity contribution < 1.29 is 18.8 Å². The number of ether oxygens (including phenoxy) is 2. The lowest BCUT2D eigenvalue weighted by Crippen LogP contribution is -2.20. The molecule has 1 amide bonds. The zero-order valence-electron chi connectivity index (χ0n) is 15.3. The number of nitrogens with one attached hydrogen (secondary N) is 1. The van der Waals surface area contributed by atoms with Crippen LogP contribution in [0.3, 0.4) is 0 Å². The molecule has 0 aliphatic heterocycles. The van der Waals surface area contributed by atoms with Gasteiger partial charge >= 0.3 is 0 Å². The van der Waals surface area contributed by atoms with Gasteiger partial charge in [0.05, 0.1) is 6.61 Å². The van der Waals surface area contributed by atoms with E-state index in [2.05, 4.69) is 15.5 Å². The minimum Gasteiger partial charge on any atom is -0.494 e. The minimum atomic E-state index is -0.243. The predicted molar refractivity (Wildman–Crippen MR) is 101 cm³/mol. The summed E-state index contributed by atoms with van der Waals surface area (Å²) in [6, 6.07) is 14.3. The van der Waals surface area contributed by atoms with Crippen LogP contribution in [-0.2, 0) is 11.2 Å². The topological polar surface area (TPSA) is 86.5 Å². The smallest absolute Gasteiger partial charge is 0.262 e. The number of benzene rings is 2. The Morgan fingerprint density at radius 3 is 2.30 bits per heavy atom. The lowest BCUT2D eigenvalue weighted by Gasteiger charge is -2.09. The Bertz CT molecular complexity index is 873. The number of anilines is 1. The van der Waals surface area contributed by atoms with Crippen molar-refractivity contribution in [1.82, 2.24) is 10.1 Å². The first-order chi connectivity index (χ1) is 13.2. The highest BCUT2D eigenvalue weighted by Gasteiger charge is 2.08. The summed E-state index contributed by atoms with van der Waals surface area (Å²) >= 11 is 0. The van der Waals surface area contributed by atoms with E-state index in [4.69, 9.17) is 14.0 Å². The molecule has 1 aromatic heterocycles. The van der Waals surface area contributed by atoms with Gasteiger partial charge in [-0.1, -0.05) is 12.1 Å². The van der Waals surface area contributed by atoms with Gasteiger partial charge in [0, 0.05) is 17.7 Å². The molecule has 7 heteroatoms. The second-order valence-electron chi connectivity index (χ2n) is 5.69. The van der Waals surface area contributed by atoms with E-state index in [9.17, 15) is 4.79 Å². The van der Waals surface area contributed by atoms with E-state index in [1.807, 2.05) is 26.0 Å². The molecular weight excluding hydrogens is 346 g/mol. The molecule has 0 bridgehead atoms. The fourth-order valence-electron chi connectivity index (χ4n) is 2.36. The number of rotatable bonds is 8. The van der Waals surface area contributed by atoms with Crippen LogP contribution in [0.4, 0.5) is 5.69 Å². The van der Waals surface area contributed by atoms with Crippen molar-refractivity contribution in [1.29, 1.82) is 0 Å². The average Bonchev–Trinajstić information content (AvgIpc) is 3.18. The Balaban J connectivity index is 1.51. The van der Waals surface area contributed by atoms with Gasteiger partial charge in [-0.25, -0.2) is 0 Å². The van der Waals surface area contributed by atoms with Crippen LogP contribution in [0.1, 0.15) is 19.7 Å². The number of carbonyl (C=O) groups excluding carboxylic acids is 1. The highest BCUT2D eigenvalue weighted by Crippen LogP contribution is 2.21. The third kappa shape index (κ3) is 5.07. The van der Waals surface area contributed by atoms with Gasteiger partial charge < -0.3 is 19.3 Å². The Morgan fingerprint density at radius 2 is 1.67 bits per heavy atom. The lowest BCUT2D eigenvalue weighted by atomic mass is 10.2. The molecule has 0 saturated carbocycles. The number of amides is 1. The second-order valence-corrected chi connectivity index (χ2v) is 5.69. The first-order valence-corrected chi connectivity index (χ1v) is 8.76. The summed E-state index contributed by atoms with van der Waals surface area (Å²) in [6.45, 7) is 4.39. The monoisotopic (exact) mass is 367 g/mol. The Hall–Kier alpha value is -3.35. The zero-order valence-corrected chi connectivity index (χ0v) is 15.3. The molecule has 0 radical (unpaired) electrons. The summed E-state index contributed by atoms with van der Waals surface area (Å²) in [4.78, 5) is 16.3. The maximum atomic E-state index is 12.0. The standard InChI is InChI=1S/C20H21N3O4/c1-3-18-22-20(27-23-18)14-5-9-17(10-6-14)26-13-19(24)21-15-7-11-16(12-8-15)25-4-2/h5-12H,3-4,13H2,1-2H3,(H,21,24). The molecule has 0 saturated heterocycles. The van der Waals surface area contributed by atoms with Crippen molar-refractivity contribution in [2.75, 3.05) is 18.5 Å². The van der Waals surface area contributed by atoms with E-state index in [0.717, 1.165) is 11.3 Å². The number of hydrogen-bond acceptors (Lipinski definition) is 6. The molecule has 7 nitrogen and oxygen atoms in total. The summed E-state index contributed by atoms with van der Waals surface area (Å²) in [5, 5.41) is 6.65. The Labute approximate surface area is 157 Å². The molecule has 3 rings (SSSR count). The maximum absolute atomic E-state index is 12.0. The van der Waals surface area contributed by atoms with Gasteiger partial charge in [-0.3, -0.25) is 4.79 Å². The summed E-state index contributed by atoms with van der Waals surface area (Å²) < 4.78 is 16.1. The van der Waals surface area contributed by atoms with Crippen molar-refractivity contribution >= 4 is 11.6 Å². The second kappa shape index (κ2) is 8.84. The van der Waals surface area contributed by atoms with Gasteiger partial charge in [0.1, 0.15) is 11.5 Å². The van der Waals surface area contributed by atoms with Gasteiger partial charge in [-0.15, -0.1) is 0 Å². The van der Waals surface area contributed by atoms with Crippen LogP contribution in [-0.4, -0.2) is 29.3 Å². The fraction of sp³-hybridized carbons (Fsp3) is 0.250. The third-order valence-corrected chi connectivity index (χ3v) is 3.70. The Kier molecular flexibility index (Phi) is 6.04. The van der Waals surface area contributed by atoms with Crippen LogP contribution in [0.25, 0.3) is 11.5 Å². The molecule has 3 aromatic rings. The number of aryl methyl sites for hydroxylation is 1. The van der Waals surface area contributed by atoms with E-state index in [1.165, 1.54) is 0 Å². The largest absolute Gasteiger partial charge is 0.494 e. The highest BCUT2D eigenvalue weighted by atomic mass is 16.5. The van der Waals surface area contributed by atoms with E-state index >= 15 is 0 Å². The van der Waals surface area contributed by atoms with Gasteiger partial charge in [0.2, 0.25) is 0 Å². The summed E-state index contributed by atoms with van der Waals surface area (Å²) in [5.74, 6) is 2.23. The van der Waals surface area contributed by atoms with Crippen LogP contribution < -0.4 is 14.8 Å². The molecule has 1 heterocycles. The quantitative estimate of drug-likeness (QED) is 0.653. The van der Waals surface area contributed by atoms with E-state index in [-0.39, 0.29) is 12.5 Å². The van der Waals surface area contributed by atoms with Crippen LogP contribution in [0.2, 0.25) is 0 Å². The molecule has 0 atom stereocenters. The van der Waals surface area contributed by atoms with Gasteiger partial charge in [0.25, 0.3) is 11.8 Å². The number of aromatic nitrogens is 2. The first kappa shape index (κ1) is 18.4. The normalized spacial score (nSPS) is 10.4. The van der Waals surface area contributed by atoms with Crippen molar-refractivity contribution in [3.8, 4) is 23.0 Å². The predicted octanol–water partition coefficient (Wildman–Crippen LogP) is 3.72. The lowest BCUT2D eigenvalue weighted by molar-refractivity contribution is -0.118. The van der Waals surface area contributed by atoms with E-state index in [0.29, 0.717) is 36.2 Å². The molecule has 0 fully saturated rings. The van der Waals surface area contributed by atoms with Crippen molar-refractivity contribution in [3.05, 3.63) is 54.4 Å². The van der Waals surface area contributed by atoms with Crippen LogP contribution in [0.15, 0.2) is 53.1 Å². The van der Waals surface area contributed by atoms with E-state index in [1.54, 1.807) is 36.4 Å². The molecule has 27 heavy (non-hydrogen) atoms. The highest BCUT2D eigenvalue weighted by molar-refractivity contribution is 5.91. The molecule has 0 unspecified atom stereocenters. The Morgan fingerprint density at radius 1 is 1.00 bits per heavy atom. The number of hydrogen-bond donors (Lipinski definition) is 1. The molecule has 0 aliphatic carbocycles. The van der Waals surface area contributed by atoms with E-state index < -0.39 is 0 Å².